The standard InChI is InChI=1S/C49H95NO6/c1-7-44(8-2)42-54-47(51)38-33-29-25-21-17-13-11-15-19-23-27-31-36-46(56-49(53)40-35-41-50(5)6)37-32-28-24-20-16-12-14-18-22-26-30-34-39-48(52)55-43-45(9-3)10-4/h44-46H,7-43H2,1-6H3. The van der Waals surface area contributed by atoms with Crippen LogP contribution in [-0.4, -0.2) is 62.8 Å². The van der Waals surface area contributed by atoms with Crippen LogP contribution in [0.1, 0.15) is 246 Å². The molecule has 332 valence electrons. The van der Waals surface area contributed by atoms with Crippen LogP contribution in [0.4, 0.5) is 0 Å². The van der Waals surface area contributed by atoms with Crippen LogP contribution in [0, 0.1) is 11.8 Å². The fraction of sp³-hybridized carbons (Fsp3) is 0.939. The van der Waals surface area contributed by atoms with Crippen molar-refractivity contribution in [2.24, 2.45) is 11.8 Å². The Morgan fingerprint density at radius 3 is 0.982 bits per heavy atom. The van der Waals surface area contributed by atoms with Crippen LogP contribution in [0.15, 0.2) is 0 Å². The van der Waals surface area contributed by atoms with E-state index in [9.17, 15) is 14.4 Å². The molecule has 0 aromatic heterocycles. The highest BCUT2D eigenvalue weighted by molar-refractivity contribution is 5.70. The first-order valence-electron chi connectivity index (χ1n) is 24.4. The predicted octanol–water partition coefficient (Wildman–Crippen LogP) is 14.1. The van der Waals surface area contributed by atoms with E-state index in [2.05, 4.69) is 46.7 Å². The van der Waals surface area contributed by atoms with Gasteiger partial charge in [0.1, 0.15) is 6.10 Å². The minimum Gasteiger partial charge on any atom is -0.465 e. The molecular weight excluding hydrogens is 699 g/mol. The maximum absolute atomic E-state index is 12.6. The lowest BCUT2D eigenvalue weighted by atomic mass is 10.0. The smallest absolute Gasteiger partial charge is 0.306 e. The molecule has 0 radical (unpaired) electrons. The number of carbonyl (C=O) groups is 3. The average molecular weight is 794 g/mol. The van der Waals surface area contributed by atoms with Crippen LogP contribution in [0.25, 0.3) is 0 Å². The van der Waals surface area contributed by atoms with Gasteiger partial charge in [0.05, 0.1) is 13.2 Å². The van der Waals surface area contributed by atoms with Crippen LogP contribution >= 0.6 is 0 Å². The zero-order valence-electron chi connectivity index (χ0n) is 38.3. The molecule has 0 aliphatic rings. The normalized spacial score (nSPS) is 11.7. The summed E-state index contributed by atoms with van der Waals surface area (Å²) in [6.45, 7) is 10.7. The highest BCUT2D eigenvalue weighted by Gasteiger charge is 2.15. The highest BCUT2D eigenvalue weighted by Crippen LogP contribution is 2.20. The Labute approximate surface area is 348 Å². The van der Waals surface area contributed by atoms with Gasteiger partial charge in [0, 0.05) is 19.3 Å². The molecule has 56 heavy (non-hydrogen) atoms. The van der Waals surface area contributed by atoms with E-state index >= 15 is 0 Å². The van der Waals surface area contributed by atoms with Gasteiger partial charge in [0.25, 0.3) is 0 Å². The van der Waals surface area contributed by atoms with Crippen molar-refractivity contribution in [3.05, 3.63) is 0 Å². The van der Waals surface area contributed by atoms with Gasteiger partial charge in [-0.05, 0) is 77.4 Å². The lowest BCUT2D eigenvalue weighted by molar-refractivity contribution is -0.150. The number of carbonyl (C=O) groups excluding carboxylic acids is 3. The van der Waals surface area contributed by atoms with Gasteiger partial charge in [-0.1, -0.05) is 182 Å². The molecule has 0 unspecified atom stereocenters. The Hall–Kier alpha value is -1.63. The number of ether oxygens (including phenoxy) is 3. The lowest BCUT2D eigenvalue weighted by Gasteiger charge is -2.18. The number of esters is 3. The summed E-state index contributed by atoms with van der Waals surface area (Å²) >= 11 is 0. The molecule has 0 aromatic carbocycles. The lowest BCUT2D eigenvalue weighted by Crippen LogP contribution is -2.20. The molecule has 0 saturated carbocycles. The molecule has 0 rings (SSSR count). The van der Waals surface area contributed by atoms with Gasteiger partial charge in [0.2, 0.25) is 0 Å². The molecule has 0 aromatic rings. The Morgan fingerprint density at radius 2 is 0.679 bits per heavy atom. The third-order valence-corrected chi connectivity index (χ3v) is 11.9. The van der Waals surface area contributed by atoms with E-state index in [0.29, 0.717) is 44.3 Å². The van der Waals surface area contributed by atoms with Crippen molar-refractivity contribution in [3.8, 4) is 0 Å². The van der Waals surface area contributed by atoms with Crippen molar-refractivity contribution >= 4 is 17.9 Å². The Balaban J connectivity index is 3.92. The first-order chi connectivity index (χ1) is 27.2. The zero-order valence-corrected chi connectivity index (χ0v) is 38.3. The number of nitrogens with zero attached hydrogens (tertiary/aromatic N) is 1. The van der Waals surface area contributed by atoms with Crippen LogP contribution in [0.5, 0.6) is 0 Å². The molecule has 0 atom stereocenters. The minimum atomic E-state index is -0.0168. The maximum atomic E-state index is 12.6. The van der Waals surface area contributed by atoms with Crippen LogP contribution in [0.2, 0.25) is 0 Å². The number of unbranched alkanes of at least 4 members (excludes halogenated alkanes) is 22. The molecule has 7 heteroatoms. The van der Waals surface area contributed by atoms with Crippen molar-refractivity contribution in [3.63, 3.8) is 0 Å². The number of hydrogen-bond acceptors (Lipinski definition) is 7. The molecule has 0 aliphatic carbocycles. The summed E-state index contributed by atoms with van der Waals surface area (Å²) in [6, 6.07) is 0. The van der Waals surface area contributed by atoms with E-state index in [-0.39, 0.29) is 24.0 Å². The van der Waals surface area contributed by atoms with Crippen molar-refractivity contribution < 1.29 is 28.6 Å². The average Bonchev–Trinajstić information content (AvgIpc) is 3.18. The SMILES string of the molecule is CCC(CC)COC(=O)CCCCCCCCCCCCCCC(CCCCCCCCCCCCCCC(=O)OCC(CC)CC)OC(=O)CCCN(C)C. The zero-order chi connectivity index (χ0) is 41.3. The second kappa shape index (κ2) is 41.5. The largest absolute Gasteiger partial charge is 0.465 e. The molecule has 0 N–H and O–H groups in total. The van der Waals surface area contributed by atoms with Gasteiger partial charge < -0.3 is 19.1 Å². The van der Waals surface area contributed by atoms with Crippen molar-refractivity contribution in [1.82, 2.24) is 4.90 Å². The van der Waals surface area contributed by atoms with Crippen molar-refractivity contribution in [1.29, 1.82) is 0 Å². The fourth-order valence-corrected chi connectivity index (χ4v) is 7.48. The van der Waals surface area contributed by atoms with Crippen molar-refractivity contribution in [2.75, 3.05) is 33.9 Å². The molecule has 7 nitrogen and oxygen atoms in total. The van der Waals surface area contributed by atoms with Gasteiger partial charge in [-0.25, -0.2) is 0 Å². The Kier molecular flexibility index (Phi) is 40.3. The predicted molar refractivity (Wildman–Crippen MR) is 237 cm³/mol. The van der Waals surface area contributed by atoms with E-state index in [0.717, 1.165) is 90.0 Å². The summed E-state index contributed by atoms with van der Waals surface area (Å²) in [6.07, 6.45) is 38.7. The van der Waals surface area contributed by atoms with Gasteiger partial charge in [0.15, 0.2) is 0 Å². The second-order valence-electron chi connectivity index (χ2n) is 17.3. The minimum absolute atomic E-state index is 0.0122. The summed E-state index contributed by atoms with van der Waals surface area (Å²) in [5.41, 5.74) is 0. The molecule has 0 aliphatic heterocycles. The highest BCUT2D eigenvalue weighted by atomic mass is 16.5. The van der Waals surface area contributed by atoms with E-state index < -0.39 is 0 Å². The van der Waals surface area contributed by atoms with Gasteiger partial charge in [-0.15, -0.1) is 0 Å². The topological polar surface area (TPSA) is 82.1 Å². The van der Waals surface area contributed by atoms with Crippen LogP contribution < -0.4 is 0 Å². The maximum Gasteiger partial charge on any atom is 0.306 e. The summed E-state index contributed by atoms with van der Waals surface area (Å²) < 4.78 is 16.9. The van der Waals surface area contributed by atoms with E-state index in [1.54, 1.807) is 0 Å². The molecular formula is C49H95NO6. The molecule has 0 bridgehead atoms. The molecule has 0 amide bonds. The quantitative estimate of drug-likeness (QED) is 0.0345. The fourth-order valence-electron chi connectivity index (χ4n) is 7.48. The van der Waals surface area contributed by atoms with Crippen molar-refractivity contribution in [2.45, 2.75) is 252 Å². The van der Waals surface area contributed by atoms with Crippen LogP contribution in [0.3, 0.4) is 0 Å². The van der Waals surface area contributed by atoms with E-state index in [1.165, 1.54) is 116 Å². The summed E-state index contributed by atoms with van der Waals surface area (Å²) in [7, 11) is 4.10. The first-order valence-corrected chi connectivity index (χ1v) is 24.4. The van der Waals surface area contributed by atoms with E-state index in [1.807, 2.05) is 0 Å². The van der Waals surface area contributed by atoms with Gasteiger partial charge in [-0.3, -0.25) is 14.4 Å². The molecule has 0 heterocycles. The number of rotatable bonds is 43. The first kappa shape index (κ1) is 54.4. The molecule has 0 fully saturated rings. The summed E-state index contributed by atoms with van der Waals surface area (Å²) in [5, 5.41) is 0. The summed E-state index contributed by atoms with van der Waals surface area (Å²) in [5.74, 6) is 0.976. The Bertz CT molecular complexity index is 815. The third kappa shape index (κ3) is 37.9. The van der Waals surface area contributed by atoms with E-state index in [4.69, 9.17) is 14.2 Å². The Morgan fingerprint density at radius 1 is 0.393 bits per heavy atom. The van der Waals surface area contributed by atoms with Gasteiger partial charge in [-0.2, -0.15) is 0 Å². The monoisotopic (exact) mass is 794 g/mol. The third-order valence-electron chi connectivity index (χ3n) is 11.9. The van der Waals surface area contributed by atoms with Crippen LogP contribution in [-0.2, 0) is 28.6 Å². The number of hydrogen-bond donors (Lipinski definition) is 0. The second-order valence-corrected chi connectivity index (χ2v) is 17.3. The summed E-state index contributed by atoms with van der Waals surface area (Å²) in [4.78, 5) is 38.6. The van der Waals surface area contributed by atoms with Gasteiger partial charge >= 0.3 is 17.9 Å². The molecule has 0 saturated heterocycles. The molecule has 0 spiro atoms.